The molecule has 0 aliphatic rings. The Morgan fingerprint density at radius 1 is 1.79 bits per heavy atom. The Balaban J connectivity index is 2.70. The lowest BCUT2D eigenvalue weighted by Crippen LogP contribution is -2.14. The van der Waals surface area contributed by atoms with Crippen LogP contribution in [0, 0.1) is 0 Å². The number of carbonyl (C=O) groups is 2. The van der Waals surface area contributed by atoms with Crippen LogP contribution < -0.4 is 5.32 Å². The number of nitrogens with one attached hydrogen (secondary N) is 2. The molecular weight excluding hydrogens is 186 g/mol. The fraction of sp³-hybridized carbons (Fsp3) is 0.375. The summed E-state index contributed by atoms with van der Waals surface area (Å²) >= 11 is 0. The first-order chi connectivity index (χ1) is 6.79. The molecule has 6 heteroatoms. The smallest absolute Gasteiger partial charge is 0.341 e. The largest absolute Gasteiger partial charge is 0.462 e. The van der Waals surface area contributed by atoms with Gasteiger partial charge in [0.25, 0.3) is 0 Å². The summed E-state index contributed by atoms with van der Waals surface area (Å²) in [7, 11) is 0. The van der Waals surface area contributed by atoms with E-state index >= 15 is 0 Å². The number of ether oxygens (including phenoxy) is 1. The predicted octanol–water partition coefficient (Wildman–Crippen LogP) is -0.168. The van der Waals surface area contributed by atoms with Crippen molar-refractivity contribution < 1.29 is 14.3 Å². The molecule has 1 heterocycles. The van der Waals surface area contributed by atoms with Crippen LogP contribution >= 0.6 is 0 Å². The molecule has 0 unspecified atom stereocenters. The Morgan fingerprint density at radius 3 is 3.21 bits per heavy atom. The SMILES string of the molecule is CCOC(=O)c1cn[nH]c1CNC=O. The molecule has 0 aliphatic carbocycles. The molecule has 1 amide bonds. The second-order valence-corrected chi connectivity index (χ2v) is 2.48. The van der Waals surface area contributed by atoms with Gasteiger partial charge in [-0.05, 0) is 6.92 Å². The van der Waals surface area contributed by atoms with Crippen LogP contribution in [0.1, 0.15) is 23.0 Å². The van der Waals surface area contributed by atoms with Gasteiger partial charge in [-0.25, -0.2) is 4.79 Å². The summed E-state index contributed by atoms with van der Waals surface area (Å²) in [6, 6.07) is 0. The quantitative estimate of drug-likeness (QED) is 0.507. The average molecular weight is 197 g/mol. The van der Waals surface area contributed by atoms with E-state index in [2.05, 4.69) is 15.5 Å². The normalized spacial score (nSPS) is 9.50. The van der Waals surface area contributed by atoms with Crippen molar-refractivity contribution in [2.45, 2.75) is 13.5 Å². The summed E-state index contributed by atoms with van der Waals surface area (Å²) in [5.74, 6) is -0.441. The average Bonchev–Trinajstić information content (AvgIpc) is 2.63. The fourth-order valence-electron chi connectivity index (χ4n) is 0.976. The maximum atomic E-state index is 11.3. The number of hydrogen-bond acceptors (Lipinski definition) is 4. The number of H-pyrrole nitrogens is 1. The number of hydrogen-bond donors (Lipinski definition) is 2. The second-order valence-electron chi connectivity index (χ2n) is 2.48. The van der Waals surface area contributed by atoms with Crippen LogP contribution in [-0.4, -0.2) is 29.2 Å². The first-order valence-electron chi connectivity index (χ1n) is 4.16. The maximum Gasteiger partial charge on any atom is 0.341 e. The molecular formula is C8H11N3O3. The highest BCUT2D eigenvalue weighted by atomic mass is 16.5. The summed E-state index contributed by atoms with van der Waals surface area (Å²) in [5.41, 5.74) is 0.886. The van der Waals surface area contributed by atoms with Gasteiger partial charge in [0.2, 0.25) is 6.41 Å². The summed E-state index contributed by atoms with van der Waals surface area (Å²) < 4.78 is 4.79. The molecule has 0 fully saturated rings. The van der Waals surface area contributed by atoms with Crippen molar-refractivity contribution in [1.82, 2.24) is 15.5 Å². The number of esters is 1. The van der Waals surface area contributed by atoms with E-state index in [1.807, 2.05) is 0 Å². The minimum Gasteiger partial charge on any atom is -0.462 e. The second kappa shape index (κ2) is 5.00. The van der Waals surface area contributed by atoms with Crippen molar-refractivity contribution in [1.29, 1.82) is 0 Å². The van der Waals surface area contributed by atoms with Crippen molar-refractivity contribution >= 4 is 12.4 Å². The first kappa shape index (κ1) is 10.2. The zero-order valence-electron chi connectivity index (χ0n) is 7.74. The Kier molecular flexibility index (Phi) is 3.66. The Bertz CT molecular complexity index is 321. The van der Waals surface area contributed by atoms with Crippen LogP contribution in [0.25, 0.3) is 0 Å². The molecule has 0 spiro atoms. The molecule has 14 heavy (non-hydrogen) atoms. The minimum atomic E-state index is -0.441. The molecule has 0 radical (unpaired) electrons. The van der Waals surface area contributed by atoms with Crippen LogP contribution in [-0.2, 0) is 16.1 Å². The molecule has 2 N–H and O–H groups in total. The third-order valence-electron chi connectivity index (χ3n) is 1.58. The Hall–Kier alpha value is -1.85. The van der Waals surface area contributed by atoms with Gasteiger partial charge >= 0.3 is 5.97 Å². The highest BCUT2D eigenvalue weighted by Crippen LogP contribution is 2.05. The summed E-state index contributed by atoms with van der Waals surface area (Å²) in [6.45, 7) is 2.27. The topological polar surface area (TPSA) is 84.1 Å². The Labute approximate surface area is 80.6 Å². The minimum absolute atomic E-state index is 0.234. The molecule has 1 aromatic rings. The van der Waals surface area contributed by atoms with Gasteiger partial charge in [-0.3, -0.25) is 9.89 Å². The number of amides is 1. The standard InChI is InChI=1S/C8H11N3O3/c1-2-14-8(13)6-3-10-11-7(6)4-9-5-12/h3,5H,2,4H2,1H3,(H,9,12)(H,10,11). The number of nitrogens with zero attached hydrogens (tertiary/aromatic N) is 1. The molecule has 0 bridgehead atoms. The van der Waals surface area contributed by atoms with Gasteiger partial charge in [0.15, 0.2) is 0 Å². The van der Waals surface area contributed by atoms with E-state index in [-0.39, 0.29) is 6.54 Å². The Morgan fingerprint density at radius 2 is 2.57 bits per heavy atom. The molecule has 0 atom stereocenters. The molecule has 1 rings (SSSR count). The lowest BCUT2D eigenvalue weighted by atomic mass is 10.2. The highest BCUT2D eigenvalue weighted by Gasteiger charge is 2.13. The van der Waals surface area contributed by atoms with E-state index in [4.69, 9.17) is 4.74 Å². The summed E-state index contributed by atoms with van der Waals surface area (Å²) in [5, 5.41) is 8.73. The van der Waals surface area contributed by atoms with Crippen molar-refractivity contribution in [2.75, 3.05) is 6.61 Å². The van der Waals surface area contributed by atoms with Gasteiger partial charge in [-0.15, -0.1) is 0 Å². The maximum absolute atomic E-state index is 11.3. The highest BCUT2D eigenvalue weighted by molar-refractivity contribution is 5.90. The van der Waals surface area contributed by atoms with Crippen LogP contribution in [0.3, 0.4) is 0 Å². The van der Waals surface area contributed by atoms with Crippen molar-refractivity contribution in [3.8, 4) is 0 Å². The lowest BCUT2D eigenvalue weighted by Gasteiger charge is -2.01. The van der Waals surface area contributed by atoms with Gasteiger partial charge < -0.3 is 10.1 Å². The fourth-order valence-corrected chi connectivity index (χ4v) is 0.976. The van der Waals surface area contributed by atoms with Crippen molar-refractivity contribution in [3.05, 3.63) is 17.5 Å². The van der Waals surface area contributed by atoms with Crippen molar-refractivity contribution in [2.24, 2.45) is 0 Å². The van der Waals surface area contributed by atoms with Crippen LogP contribution in [0.15, 0.2) is 6.20 Å². The molecule has 0 saturated heterocycles. The predicted molar refractivity (Wildman–Crippen MR) is 47.4 cm³/mol. The van der Waals surface area contributed by atoms with Crippen LogP contribution in [0.2, 0.25) is 0 Å². The monoisotopic (exact) mass is 197 g/mol. The van der Waals surface area contributed by atoms with E-state index in [1.54, 1.807) is 6.92 Å². The first-order valence-corrected chi connectivity index (χ1v) is 4.16. The number of rotatable bonds is 5. The molecule has 0 saturated carbocycles. The van der Waals surface area contributed by atoms with Crippen LogP contribution in [0.4, 0.5) is 0 Å². The molecule has 0 aromatic carbocycles. The summed E-state index contributed by atoms with van der Waals surface area (Å²) in [6.07, 6.45) is 1.93. The number of aromatic nitrogens is 2. The number of aromatic amines is 1. The zero-order chi connectivity index (χ0) is 10.4. The van der Waals surface area contributed by atoms with E-state index in [0.717, 1.165) is 0 Å². The van der Waals surface area contributed by atoms with Crippen LogP contribution in [0.5, 0.6) is 0 Å². The number of carbonyl (C=O) groups excluding carboxylic acids is 2. The van der Waals surface area contributed by atoms with Gasteiger partial charge in [0.1, 0.15) is 5.56 Å². The zero-order valence-corrected chi connectivity index (χ0v) is 7.74. The van der Waals surface area contributed by atoms with Gasteiger partial charge in [0.05, 0.1) is 25.0 Å². The summed E-state index contributed by atoms with van der Waals surface area (Å²) in [4.78, 5) is 21.3. The van der Waals surface area contributed by atoms with E-state index < -0.39 is 5.97 Å². The molecule has 0 aliphatic heterocycles. The van der Waals surface area contributed by atoms with Crippen molar-refractivity contribution in [3.63, 3.8) is 0 Å². The third-order valence-corrected chi connectivity index (χ3v) is 1.58. The van der Waals surface area contributed by atoms with Gasteiger partial charge in [-0.2, -0.15) is 5.10 Å². The molecule has 1 aromatic heterocycles. The van der Waals surface area contributed by atoms with Gasteiger partial charge in [-0.1, -0.05) is 0 Å². The third kappa shape index (κ3) is 2.32. The molecule has 6 nitrogen and oxygen atoms in total. The van der Waals surface area contributed by atoms with E-state index in [1.165, 1.54) is 6.20 Å². The van der Waals surface area contributed by atoms with E-state index in [9.17, 15) is 9.59 Å². The molecule has 76 valence electrons. The van der Waals surface area contributed by atoms with Gasteiger partial charge in [0, 0.05) is 0 Å². The van der Waals surface area contributed by atoms with E-state index in [0.29, 0.717) is 24.3 Å². The lowest BCUT2D eigenvalue weighted by molar-refractivity contribution is -0.109.